The van der Waals surface area contributed by atoms with Gasteiger partial charge in [0.25, 0.3) is 0 Å². The molecular weight excluding hydrogens is 270 g/mol. The van der Waals surface area contributed by atoms with Gasteiger partial charge in [-0.15, -0.1) is 0 Å². The molecular formula is C16H21NO4. The van der Waals surface area contributed by atoms with E-state index < -0.39 is 17.9 Å². The highest BCUT2D eigenvalue weighted by atomic mass is 16.5. The molecule has 5 heteroatoms. The van der Waals surface area contributed by atoms with Crippen LogP contribution < -0.4 is 4.74 Å². The second kappa shape index (κ2) is 6.16. The third-order valence-electron chi connectivity index (χ3n) is 3.77. The fourth-order valence-corrected chi connectivity index (χ4v) is 2.83. The maximum absolute atomic E-state index is 12.2. The molecule has 0 saturated carbocycles. The number of nitrogens with zero attached hydrogens (tertiary/aromatic N) is 1. The van der Waals surface area contributed by atoms with Crippen LogP contribution in [-0.2, 0) is 9.59 Å². The molecule has 1 aromatic carbocycles. The summed E-state index contributed by atoms with van der Waals surface area (Å²) in [6, 6.07) is 6.87. The van der Waals surface area contributed by atoms with Crippen LogP contribution in [-0.4, -0.2) is 35.5 Å². The predicted octanol–water partition coefficient (Wildman–Crippen LogP) is 2.33. The van der Waals surface area contributed by atoms with E-state index in [1.54, 1.807) is 24.1 Å². The second-order valence-electron chi connectivity index (χ2n) is 5.81. The van der Waals surface area contributed by atoms with Crippen LogP contribution >= 0.6 is 0 Å². The first-order valence-corrected chi connectivity index (χ1v) is 7.10. The van der Waals surface area contributed by atoms with Crippen LogP contribution in [0.4, 0.5) is 0 Å². The number of carbonyl (C=O) groups is 2. The van der Waals surface area contributed by atoms with Crippen molar-refractivity contribution in [2.45, 2.75) is 26.3 Å². The van der Waals surface area contributed by atoms with Gasteiger partial charge in [-0.1, -0.05) is 26.0 Å². The number of benzene rings is 1. The van der Waals surface area contributed by atoms with Crippen molar-refractivity contribution in [1.82, 2.24) is 4.90 Å². The molecule has 1 heterocycles. The van der Waals surface area contributed by atoms with E-state index >= 15 is 0 Å². The molecule has 0 aromatic heterocycles. The van der Waals surface area contributed by atoms with Gasteiger partial charge in [-0.05, 0) is 23.6 Å². The Morgan fingerprint density at radius 2 is 2.00 bits per heavy atom. The molecule has 21 heavy (non-hydrogen) atoms. The number of carbonyl (C=O) groups excluding carboxylic acids is 1. The number of hydrogen-bond acceptors (Lipinski definition) is 3. The Balaban J connectivity index is 2.35. The molecule has 5 nitrogen and oxygen atoms in total. The second-order valence-corrected chi connectivity index (χ2v) is 5.81. The number of aliphatic carboxylic acids is 1. The van der Waals surface area contributed by atoms with Gasteiger partial charge < -0.3 is 14.7 Å². The highest BCUT2D eigenvalue weighted by Gasteiger charge is 2.44. The van der Waals surface area contributed by atoms with Crippen molar-refractivity contribution in [2.24, 2.45) is 11.8 Å². The van der Waals surface area contributed by atoms with Gasteiger partial charge in [0.15, 0.2) is 0 Å². The van der Waals surface area contributed by atoms with E-state index in [1.807, 2.05) is 26.0 Å². The highest BCUT2D eigenvalue weighted by molar-refractivity contribution is 5.87. The zero-order valence-electron chi connectivity index (χ0n) is 12.6. The van der Waals surface area contributed by atoms with E-state index in [9.17, 15) is 14.7 Å². The number of rotatable bonds is 5. The van der Waals surface area contributed by atoms with Gasteiger partial charge in [0.05, 0.1) is 19.1 Å². The quantitative estimate of drug-likeness (QED) is 0.904. The van der Waals surface area contributed by atoms with Crippen LogP contribution in [0, 0.1) is 11.8 Å². The van der Waals surface area contributed by atoms with E-state index in [0.29, 0.717) is 18.2 Å². The van der Waals surface area contributed by atoms with Gasteiger partial charge in [-0.25, -0.2) is 0 Å². The number of carboxylic acids is 1. The van der Waals surface area contributed by atoms with Gasteiger partial charge in [0.1, 0.15) is 5.75 Å². The van der Waals surface area contributed by atoms with Crippen molar-refractivity contribution in [3.63, 3.8) is 0 Å². The van der Waals surface area contributed by atoms with Gasteiger partial charge in [-0.3, -0.25) is 9.59 Å². The van der Waals surface area contributed by atoms with Crippen molar-refractivity contribution < 1.29 is 19.4 Å². The van der Waals surface area contributed by atoms with E-state index in [1.165, 1.54) is 0 Å². The van der Waals surface area contributed by atoms with Crippen LogP contribution in [0.5, 0.6) is 5.75 Å². The average Bonchev–Trinajstić information content (AvgIpc) is 2.76. The maximum atomic E-state index is 12.2. The zero-order valence-corrected chi connectivity index (χ0v) is 12.6. The minimum Gasteiger partial charge on any atom is -0.497 e. The molecule has 0 spiro atoms. The van der Waals surface area contributed by atoms with E-state index in [0.717, 1.165) is 5.56 Å². The number of amides is 1. The van der Waals surface area contributed by atoms with Gasteiger partial charge in [-0.2, -0.15) is 0 Å². The van der Waals surface area contributed by atoms with Crippen LogP contribution in [0.25, 0.3) is 0 Å². The van der Waals surface area contributed by atoms with E-state index in [2.05, 4.69) is 0 Å². The Hall–Kier alpha value is -2.04. The van der Waals surface area contributed by atoms with Crippen molar-refractivity contribution in [3.05, 3.63) is 29.8 Å². The monoisotopic (exact) mass is 291 g/mol. The molecule has 2 rings (SSSR count). The Morgan fingerprint density at radius 3 is 2.48 bits per heavy atom. The lowest BCUT2D eigenvalue weighted by Crippen LogP contribution is -2.33. The lowest BCUT2D eigenvalue weighted by atomic mass is 9.93. The first-order valence-electron chi connectivity index (χ1n) is 7.10. The van der Waals surface area contributed by atoms with Crippen LogP contribution in [0.15, 0.2) is 24.3 Å². The molecule has 1 aromatic rings. The summed E-state index contributed by atoms with van der Waals surface area (Å²) in [5, 5.41) is 9.41. The van der Waals surface area contributed by atoms with Crippen molar-refractivity contribution >= 4 is 11.9 Å². The normalized spacial score (nSPS) is 21.9. The Labute approximate surface area is 124 Å². The molecule has 0 bridgehead atoms. The first-order chi connectivity index (χ1) is 9.93. The van der Waals surface area contributed by atoms with Crippen LogP contribution in [0.2, 0.25) is 0 Å². The first kappa shape index (κ1) is 15.4. The Bertz CT molecular complexity index is 524. The topological polar surface area (TPSA) is 66.8 Å². The summed E-state index contributed by atoms with van der Waals surface area (Å²) in [4.78, 5) is 25.4. The van der Waals surface area contributed by atoms with E-state index in [-0.39, 0.29) is 12.3 Å². The van der Waals surface area contributed by atoms with Crippen molar-refractivity contribution in [3.8, 4) is 5.75 Å². The number of hydrogen-bond donors (Lipinski definition) is 1. The lowest BCUT2D eigenvalue weighted by molar-refractivity contribution is -0.142. The van der Waals surface area contributed by atoms with Crippen LogP contribution in [0.3, 0.4) is 0 Å². The molecule has 114 valence electrons. The largest absolute Gasteiger partial charge is 0.497 e. The van der Waals surface area contributed by atoms with E-state index in [4.69, 9.17) is 4.74 Å². The number of methoxy groups -OCH3 is 1. The third-order valence-corrected chi connectivity index (χ3v) is 3.77. The molecule has 2 atom stereocenters. The molecule has 1 aliphatic rings. The fourth-order valence-electron chi connectivity index (χ4n) is 2.83. The predicted molar refractivity (Wildman–Crippen MR) is 78.0 cm³/mol. The Kier molecular flexibility index (Phi) is 4.50. The van der Waals surface area contributed by atoms with Crippen molar-refractivity contribution in [2.75, 3.05) is 13.7 Å². The number of likely N-dealkylation sites (tertiary alicyclic amines) is 1. The average molecular weight is 291 g/mol. The summed E-state index contributed by atoms with van der Waals surface area (Å²) in [6.45, 7) is 4.61. The lowest BCUT2D eigenvalue weighted by Gasteiger charge is -2.28. The summed E-state index contributed by atoms with van der Waals surface area (Å²) in [5.74, 6) is -0.690. The molecule has 1 N–H and O–H groups in total. The van der Waals surface area contributed by atoms with Gasteiger partial charge in [0, 0.05) is 13.0 Å². The molecule has 2 unspecified atom stereocenters. The number of carboxylic acid groups (broad SMARTS) is 1. The molecule has 1 saturated heterocycles. The minimum atomic E-state index is -0.921. The minimum absolute atomic E-state index is 0.0682. The molecule has 1 amide bonds. The molecule has 1 aliphatic heterocycles. The zero-order chi connectivity index (χ0) is 15.6. The standard InChI is InChI=1S/C16H21NO4/c1-10(2)9-17-14(18)8-13(16(19)20)15(17)11-4-6-12(21-3)7-5-11/h4-7,10,13,15H,8-9H2,1-3H3,(H,19,20). The van der Waals surface area contributed by atoms with Gasteiger partial charge >= 0.3 is 5.97 Å². The molecule has 0 radical (unpaired) electrons. The smallest absolute Gasteiger partial charge is 0.309 e. The van der Waals surface area contributed by atoms with Crippen molar-refractivity contribution in [1.29, 1.82) is 0 Å². The third kappa shape index (κ3) is 3.17. The molecule has 0 aliphatic carbocycles. The maximum Gasteiger partial charge on any atom is 0.309 e. The highest BCUT2D eigenvalue weighted by Crippen LogP contribution is 2.39. The molecule has 1 fully saturated rings. The summed E-state index contributed by atoms with van der Waals surface area (Å²) in [6.07, 6.45) is 0.0682. The summed E-state index contributed by atoms with van der Waals surface area (Å²) in [7, 11) is 1.58. The fraction of sp³-hybridized carbons (Fsp3) is 0.500. The Morgan fingerprint density at radius 1 is 1.38 bits per heavy atom. The SMILES string of the molecule is COc1ccc(C2C(C(=O)O)CC(=O)N2CC(C)C)cc1. The van der Waals surface area contributed by atoms with Crippen LogP contribution in [0.1, 0.15) is 31.9 Å². The summed E-state index contributed by atoms with van der Waals surface area (Å²) < 4.78 is 5.12. The van der Waals surface area contributed by atoms with Gasteiger partial charge in [0.2, 0.25) is 5.91 Å². The summed E-state index contributed by atoms with van der Waals surface area (Å²) in [5.41, 5.74) is 0.842. The number of ether oxygens (including phenoxy) is 1. The summed E-state index contributed by atoms with van der Waals surface area (Å²) >= 11 is 0.